The van der Waals surface area contributed by atoms with Gasteiger partial charge in [-0.25, -0.2) is 4.79 Å². The van der Waals surface area contributed by atoms with Gasteiger partial charge in [0.2, 0.25) is 11.8 Å². The summed E-state index contributed by atoms with van der Waals surface area (Å²) in [6.45, 7) is 11.5. The second-order valence-electron chi connectivity index (χ2n) is 14.7. The summed E-state index contributed by atoms with van der Waals surface area (Å²) in [7, 11) is 0. The highest BCUT2D eigenvalue weighted by Gasteiger charge is 2.49. The van der Waals surface area contributed by atoms with Crippen molar-refractivity contribution in [3.63, 3.8) is 0 Å². The number of nitrogens with zero attached hydrogens (tertiary/aromatic N) is 1. The first kappa shape index (κ1) is 34.3. The van der Waals surface area contributed by atoms with Crippen LogP contribution in [0.5, 0.6) is 11.5 Å². The number of phenols is 2. The molecule has 0 bridgehead atoms. The molecule has 0 radical (unpaired) electrons. The van der Waals surface area contributed by atoms with E-state index in [4.69, 9.17) is 4.74 Å². The van der Waals surface area contributed by atoms with E-state index in [0.29, 0.717) is 30.9 Å². The molecule has 5 rings (SSSR count). The van der Waals surface area contributed by atoms with E-state index in [9.17, 15) is 29.7 Å². The second kappa shape index (κ2) is 13.6. The first-order valence-corrected chi connectivity index (χ1v) is 16.7. The van der Waals surface area contributed by atoms with Crippen molar-refractivity contribution in [3.8, 4) is 11.5 Å². The molecular formula is C37H49N3O7. The molecule has 1 saturated heterocycles. The van der Waals surface area contributed by atoms with Crippen LogP contribution in [-0.2, 0) is 32.0 Å². The van der Waals surface area contributed by atoms with Crippen molar-refractivity contribution >= 4 is 28.7 Å². The maximum atomic E-state index is 14.2. The van der Waals surface area contributed by atoms with Gasteiger partial charge in [-0.15, -0.1) is 0 Å². The number of carbonyl (C=O) groups excluding carboxylic acids is 3. The van der Waals surface area contributed by atoms with Crippen LogP contribution in [0.1, 0.15) is 77.8 Å². The Labute approximate surface area is 276 Å². The Morgan fingerprint density at radius 3 is 2.49 bits per heavy atom. The van der Waals surface area contributed by atoms with E-state index in [1.165, 1.54) is 23.1 Å². The number of amides is 2. The normalized spacial score (nSPS) is 22.1. The number of hydrogen-bond donors (Lipinski definition) is 5. The lowest BCUT2D eigenvalue weighted by Crippen LogP contribution is -2.54. The Morgan fingerprint density at radius 2 is 1.79 bits per heavy atom. The lowest BCUT2D eigenvalue weighted by Gasteiger charge is -2.40. The van der Waals surface area contributed by atoms with Crippen molar-refractivity contribution in [2.75, 3.05) is 6.54 Å². The van der Waals surface area contributed by atoms with Crippen molar-refractivity contribution in [3.05, 3.63) is 59.8 Å². The van der Waals surface area contributed by atoms with Crippen molar-refractivity contribution in [1.29, 1.82) is 0 Å². The third-order valence-electron chi connectivity index (χ3n) is 11.1. The van der Waals surface area contributed by atoms with Gasteiger partial charge in [0.25, 0.3) is 0 Å². The minimum atomic E-state index is -1.53. The van der Waals surface area contributed by atoms with Gasteiger partial charge >= 0.3 is 5.97 Å². The van der Waals surface area contributed by atoms with Crippen molar-refractivity contribution in [2.24, 2.45) is 16.7 Å². The average Bonchev–Trinajstić information content (AvgIpc) is 3.72. The Hall–Kier alpha value is -4.05. The molecule has 5 unspecified atom stereocenters. The Balaban J connectivity index is 1.30. The number of hydrogen-bond acceptors (Lipinski definition) is 7. The molecule has 10 nitrogen and oxygen atoms in total. The van der Waals surface area contributed by atoms with Gasteiger partial charge in [-0.3, -0.25) is 9.59 Å². The van der Waals surface area contributed by atoms with Gasteiger partial charge < -0.3 is 35.3 Å². The summed E-state index contributed by atoms with van der Waals surface area (Å²) in [5.41, 5.74) is 2.46. The van der Waals surface area contributed by atoms with Gasteiger partial charge in [-0.05, 0) is 85.1 Å². The smallest absolute Gasteiger partial charge is 0.329 e. The molecule has 1 aliphatic heterocycles. The Morgan fingerprint density at radius 1 is 1.04 bits per heavy atom. The quantitative estimate of drug-likeness (QED) is 0.145. The number of aromatic amines is 1. The van der Waals surface area contributed by atoms with Gasteiger partial charge in [0, 0.05) is 36.5 Å². The lowest BCUT2D eigenvalue weighted by molar-refractivity contribution is -0.159. The zero-order valence-electron chi connectivity index (χ0n) is 28.1. The molecular weight excluding hydrogens is 598 g/mol. The van der Waals surface area contributed by atoms with Crippen LogP contribution < -0.4 is 5.32 Å². The van der Waals surface area contributed by atoms with Crippen LogP contribution in [0, 0.1) is 16.7 Å². The van der Waals surface area contributed by atoms with E-state index in [1.54, 1.807) is 6.20 Å². The van der Waals surface area contributed by atoms with Crippen LogP contribution in [0.25, 0.3) is 10.9 Å². The van der Waals surface area contributed by atoms with E-state index < -0.39 is 36.0 Å². The van der Waals surface area contributed by atoms with Crippen LogP contribution in [-0.4, -0.2) is 73.8 Å². The number of ether oxygens (including phenoxy) is 1. The fourth-order valence-corrected chi connectivity index (χ4v) is 7.38. The maximum Gasteiger partial charge on any atom is 0.329 e. The Bertz CT molecular complexity index is 1610. The number of aromatic nitrogens is 1. The number of para-hydroxylation sites is 1. The summed E-state index contributed by atoms with van der Waals surface area (Å²) in [6.07, 6.45) is 4.06. The SMILES string of the molecule is CC(CC1CCC(C)(C)C1(C)C)OC(=O)C1CCCN1C(=O)C(Cc1c[nH]c2ccccc12)NC(=O)C(O)Cc1ccc(O)c(O)c1. The number of rotatable bonds is 11. The summed E-state index contributed by atoms with van der Waals surface area (Å²) in [4.78, 5) is 45.8. The molecule has 3 aromatic rings. The molecule has 5 atom stereocenters. The number of carbonyl (C=O) groups is 3. The van der Waals surface area contributed by atoms with E-state index in [-0.39, 0.29) is 41.3 Å². The summed E-state index contributed by atoms with van der Waals surface area (Å²) < 4.78 is 5.98. The minimum absolute atomic E-state index is 0.115. The number of H-pyrrole nitrogens is 1. The van der Waals surface area contributed by atoms with Gasteiger partial charge in [-0.1, -0.05) is 52.0 Å². The molecule has 47 heavy (non-hydrogen) atoms. The summed E-state index contributed by atoms with van der Waals surface area (Å²) in [5.74, 6) is -1.85. The van der Waals surface area contributed by atoms with Gasteiger partial charge in [0.15, 0.2) is 11.5 Å². The number of benzene rings is 2. The Kier molecular flexibility index (Phi) is 9.91. The maximum absolute atomic E-state index is 14.2. The number of nitrogens with one attached hydrogen (secondary N) is 2. The molecule has 1 aliphatic carbocycles. The average molecular weight is 648 g/mol. The highest BCUT2D eigenvalue weighted by molar-refractivity contribution is 5.93. The van der Waals surface area contributed by atoms with E-state index >= 15 is 0 Å². The molecule has 10 heteroatoms. The van der Waals surface area contributed by atoms with Gasteiger partial charge in [0.1, 0.15) is 18.2 Å². The summed E-state index contributed by atoms with van der Waals surface area (Å²) in [6, 6.07) is 9.89. The van der Waals surface area contributed by atoms with Crippen molar-refractivity contribution in [1.82, 2.24) is 15.2 Å². The number of likely N-dealkylation sites (tertiary alicyclic amines) is 1. The lowest BCUT2D eigenvalue weighted by atomic mass is 9.66. The van der Waals surface area contributed by atoms with Gasteiger partial charge in [-0.2, -0.15) is 0 Å². The molecule has 2 aliphatic rings. The number of aliphatic hydroxyl groups excluding tert-OH is 1. The van der Waals surface area contributed by atoms with Gasteiger partial charge in [0.05, 0.1) is 6.10 Å². The molecule has 2 fully saturated rings. The molecule has 0 spiro atoms. The van der Waals surface area contributed by atoms with Crippen LogP contribution in [0.15, 0.2) is 48.7 Å². The number of fused-ring (bicyclic) bond motifs is 1. The third kappa shape index (κ3) is 7.27. The predicted octanol–water partition coefficient (Wildman–Crippen LogP) is 4.99. The fourth-order valence-electron chi connectivity index (χ4n) is 7.38. The molecule has 2 aromatic carbocycles. The zero-order valence-corrected chi connectivity index (χ0v) is 28.1. The van der Waals surface area contributed by atoms with E-state index in [0.717, 1.165) is 35.7 Å². The monoisotopic (exact) mass is 647 g/mol. The highest BCUT2D eigenvalue weighted by Crippen LogP contribution is 2.57. The van der Waals surface area contributed by atoms with Crippen molar-refractivity contribution < 1.29 is 34.4 Å². The zero-order chi connectivity index (χ0) is 34.1. The highest BCUT2D eigenvalue weighted by atomic mass is 16.5. The molecule has 254 valence electrons. The van der Waals surface area contributed by atoms with Crippen LogP contribution in [0.4, 0.5) is 0 Å². The van der Waals surface area contributed by atoms with Crippen molar-refractivity contribution in [2.45, 2.75) is 104 Å². The fraction of sp³-hybridized carbons (Fsp3) is 0.541. The molecule has 2 heterocycles. The molecule has 5 N–H and O–H groups in total. The van der Waals surface area contributed by atoms with E-state index in [1.807, 2.05) is 31.2 Å². The number of phenolic OH excluding ortho intramolecular Hbond substituents is 2. The minimum Gasteiger partial charge on any atom is -0.504 e. The number of aliphatic hydroxyl groups is 1. The summed E-state index contributed by atoms with van der Waals surface area (Å²) in [5, 5.41) is 33.9. The molecule has 2 amide bonds. The van der Waals surface area contributed by atoms with Crippen LogP contribution in [0.3, 0.4) is 0 Å². The predicted molar refractivity (Wildman–Crippen MR) is 179 cm³/mol. The molecule has 1 saturated carbocycles. The summed E-state index contributed by atoms with van der Waals surface area (Å²) >= 11 is 0. The first-order valence-electron chi connectivity index (χ1n) is 16.7. The number of esters is 1. The first-order chi connectivity index (χ1) is 22.2. The topological polar surface area (TPSA) is 152 Å². The number of aromatic hydroxyl groups is 2. The second-order valence-corrected chi connectivity index (χ2v) is 14.7. The standard InChI is InChI=1S/C37H49N3O7/c1-22(17-25-14-15-36(2,3)37(25,4)5)47-35(46)29-11-8-16-40(29)34(45)28(20-24-21-38-27-10-7-6-9-26(24)27)39-33(44)32(43)19-23-12-13-30(41)31(42)18-23/h6-7,9-10,12-13,18,21-22,25,28-29,32,38,41-43H,8,11,14-17,19-20H2,1-5H3,(H,39,44). The molecule has 1 aromatic heterocycles. The van der Waals surface area contributed by atoms with E-state index in [2.05, 4.69) is 38.0 Å². The largest absolute Gasteiger partial charge is 0.504 e. The van der Waals surface area contributed by atoms with Crippen LogP contribution in [0.2, 0.25) is 0 Å². The van der Waals surface area contributed by atoms with Crippen LogP contribution >= 0.6 is 0 Å². The third-order valence-corrected chi connectivity index (χ3v) is 11.1.